The summed E-state index contributed by atoms with van der Waals surface area (Å²) in [6, 6.07) is 3.07. The lowest BCUT2D eigenvalue weighted by atomic mass is 9.76. The standard InChI is InChI=1S/C21H26N4O4/c1-4-5-8-25-18(27)15-13(9-14(22)26)24-21(16(15)19(25)28)12-7-6-10(2)11(3)17(12)23-20(21)29/h6-7,13,15-16,24H,4-5,8-9H2,1-3H3,(H2,22,26)(H,23,29)/t13-,15-,16+,21-/m1/s1. The minimum Gasteiger partial charge on any atom is -0.370 e. The average Bonchev–Trinajstić information content (AvgIpc) is 3.22. The van der Waals surface area contributed by atoms with Crippen molar-refractivity contribution in [2.45, 2.75) is 51.6 Å². The molecule has 0 aliphatic carbocycles. The van der Waals surface area contributed by atoms with E-state index in [0.717, 1.165) is 17.5 Å². The maximum Gasteiger partial charge on any atom is 0.250 e. The molecule has 3 heterocycles. The first-order valence-corrected chi connectivity index (χ1v) is 10.1. The number of unbranched alkanes of at least 4 members (excludes halogenated alkanes) is 1. The molecule has 4 N–H and O–H groups in total. The number of carbonyl (C=O) groups is 4. The number of nitrogens with zero attached hydrogens (tertiary/aromatic N) is 1. The predicted octanol–water partition coefficient (Wildman–Crippen LogP) is 0.699. The summed E-state index contributed by atoms with van der Waals surface area (Å²) in [6.45, 7) is 6.17. The van der Waals surface area contributed by atoms with Gasteiger partial charge in [-0.2, -0.15) is 0 Å². The van der Waals surface area contributed by atoms with Crippen LogP contribution in [0.3, 0.4) is 0 Å². The second-order valence-corrected chi connectivity index (χ2v) is 8.30. The van der Waals surface area contributed by atoms with Crippen LogP contribution in [0.4, 0.5) is 5.69 Å². The molecule has 154 valence electrons. The normalized spacial score (nSPS) is 30.1. The summed E-state index contributed by atoms with van der Waals surface area (Å²) in [5.41, 5.74) is 7.32. The van der Waals surface area contributed by atoms with E-state index in [0.29, 0.717) is 24.2 Å². The number of aryl methyl sites for hydroxylation is 1. The highest BCUT2D eigenvalue weighted by molar-refractivity contribution is 6.15. The molecule has 4 rings (SSSR count). The zero-order valence-corrected chi connectivity index (χ0v) is 16.9. The summed E-state index contributed by atoms with van der Waals surface area (Å²) in [7, 11) is 0. The van der Waals surface area contributed by atoms with Crippen LogP contribution in [0.2, 0.25) is 0 Å². The van der Waals surface area contributed by atoms with Crippen LogP contribution in [0.25, 0.3) is 0 Å². The summed E-state index contributed by atoms with van der Waals surface area (Å²) in [4.78, 5) is 52.8. The number of hydrogen-bond acceptors (Lipinski definition) is 5. The third kappa shape index (κ3) is 2.55. The molecular formula is C21H26N4O4. The number of benzene rings is 1. The lowest BCUT2D eigenvalue weighted by Crippen LogP contribution is -2.53. The van der Waals surface area contributed by atoms with Gasteiger partial charge in [0.25, 0.3) is 0 Å². The fourth-order valence-electron chi connectivity index (χ4n) is 5.11. The van der Waals surface area contributed by atoms with E-state index in [-0.39, 0.29) is 24.1 Å². The Morgan fingerprint density at radius 1 is 1.21 bits per heavy atom. The van der Waals surface area contributed by atoms with Gasteiger partial charge >= 0.3 is 0 Å². The highest BCUT2D eigenvalue weighted by atomic mass is 16.2. The second-order valence-electron chi connectivity index (χ2n) is 8.30. The van der Waals surface area contributed by atoms with Crippen LogP contribution < -0.4 is 16.4 Å². The molecule has 3 aliphatic rings. The molecule has 0 unspecified atom stereocenters. The van der Waals surface area contributed by atoms with Crippen LogP contribution in [-0.2, 0) is 24.7 Å². The monoisotopic (exact) mass is 398 g/mol. The van der Waals surface area contributed by atoms with Crippen molar-refractivity contribution in [2.75, 3.05) is 11.9 Å². The van der Waals surface area contributed by atoms with Gasteiger partial charge < -0.3 is 11.1 Å². The summed E-state index contributed by atoms with van der Waals surface area (Å²) >= 11 is 0. The van der Waals surface area contributed by atoms with Crippen LogP contribution in [0.15, 0.2) is 12.1 Å². The Morgan fingerprint density at radius 2 is 1.93 bits per heavy atom. The number of nitrogens with one attached hydrogen (secondary N) is 2. The topological polar surface area (TPSA) is 122 Å². The van der Waals surface area contributed by atoms with Gasteiger partial charge in [0.1, 0.15) is 5.54 Å². The highest BCUT2D eigenvalue weighted by Crippen LogP contribution is 2.54. The Labute approximate surface area is 169 Å². The van der Waals surface area contributed by atoms with Crippen molar-refractivity contribution in [1.82, 2.24) is 10.2 Å². The Balaban J connectivity index is 1.86. The van der Waals surface area contributed by atoms with E-state index in [1.165, 1.54) is 4.90 Å². The highest BCUT2D eigenvalue weighted by Gasteiger charge is 2.70. The molecule has 2 saturated heterocycles. The van der Waals surface area contributed by atoms with E-state index >= 15 is 0 Å². The molecule has 4 atom stereocenters. The van der Waals surface area contributed by atoms with E-state index < -0.39 is 29.3 Å². The maximum atomic E-state index is 13.4. The number of amides is 4. The molecule has 0 aromatic heterocycles. The number of imide groups is 1. The van der Waals surface area contributed by atoms with Crippen molar-refractivity contribution in [2.24, 2.45) is 17.6 Å². The predicted molar refractivity (Wildman–Crippen MR) is 106 cm³/mol. The fraction of sp³-hybridized carbons (Fsp3) is 0.524. The number of primary amides is 1. The Hall–Kier alpha value is -2.74. The van der Waals surface area contributed by atoms with Gasteiger partial charge in [-0.05, 0) is 31.4 Å². The Kier molecular flexibility index (Phi) is 4.49. The molecule has 8 nitrogen and oxygen atoms in total. The van der Waals surface area contributed by atoms with Gasteiger partial charge in [-0.25, -0.2) is 0 Å². The summed E-state index contributed by atoms with van der Waals surface area (Å²) in [5.74, 6) is -3.29. The van der Waals surface area contributed by atoms with Crippen LogP contribution >= 0.6 is 0 Å². The molecule has 0 bridgehead atoms. The summed E-state index contributed by atoms with van der Waals surface area (Å²) in [6.07, 6.45) is 1.41. The zero-order valence-electron chi connectivity index (χ0n) is 16.9. The smallest absolute Gasteiger partial charge is 0.250 e. The van der Waals surface area contributed by atoms with E-state index in [4.69, 9.17) is 5.73 Å². The molecule has 1 aromatic carbocycles. The molecule has 0 saturated carbocycles. The van der Waals surface area contributed by atoms with E-state index in [1.54, 1.807) is 0 Å². The number of anilines is 1. The molecule has 8 heteroatoms. The van der Waals surface area contributed by atoms with Gasteiger partial charge in [-0.15, -0.1) is 0 Å². The minimum atomic E-state index is -1.37. The van der Waals surface area contributed by atoms with Crippen molar-refractivity contribution >= 4 is 29.3 Å². The number of rotatable bonds is 5. The van der Waals surface area contributed by atoms with Crippen LogP contribution in [0.5, 0.6) is 0 Å². The fourth-order valence-corrected chi connectivity index (χ4v) is 5.11. The lowest BCUT2D eigenvalue weighted by molar-refractivity contribution is -0.142. The van der Waals surface area contributed by atoms with Crippen molar-refractivity contribution in [3.63, 3.8) is 0 Å². The lowest BCUT2D eigenvalue weighted by Gasteiger charge is -2.29. The summed E-state index contributed by atoms with van der Waals surface area (Å²) in [5, 5.41) is 6.13. The summed E-state index contributed by atoms with van der Waals surface area (Å²) < 4.78 is 0. The van der Waals surface area contributed by atoms with E-state index in [9.17, 15) is 19.2 Å². The van der Waals surface area contributed by atoms with E-state index in [1.807, 2.05) is 32.9 Å². The first kappa shape index (κ1) is 19.6. The van der Waals surface area contributed by atoms with Gasteiger partial charge in [0.15, 0.2) is 0 Å². The minimum absolute atomic E-state index is 0.114. The number of carbonyl (C=O) groups excluding carboxylic acids is 4. The molecule has 0 radical (unpaired) electrons. The van der Waals surface area contributed by atoms with Gasteiger partial charge in [0, 0.05) is 30.3 Å². The molecule has 1 spiro atoms. The van der Waals surface area contributed by atoms with Crippen LogP contribution in [-0.4, -0.2) is 41.1 Å². The third-order valence-corrected chi connectivity index (χ3v) is 6.67. The zero-order chi connectivity index (χ0) is 21.1. The quantitative estimate of drug-likeness (QED) is 0.631. The molecule has 2 fully saturated rings. The largest absolute Gasteiger partial charge is 0.370 e. The van der Waals surface area contributed by atoms with Crippen LogP contribution in [0, 0.1) is 25.7 Å². The number of hydrogen-bond donors (Lipinski definition) is 3. The SMILES string of the molecule is CCCCN1C(=O)[C@H]2[C@@H](C1=O)[C@@]1(N[C@@H]2CC(N)=O)C(=O)Nc2c1ccc(C)c2C. The van der Waals surface area contributed by atoms with E-state index in [2.05, 4.69) is 10.6 Å². The molecular weight excluding hydrogens is 372 g/mol. The Bertz CT molecular complexity index is 943. The Morgan fingerprint density at radius 3 is 2.59 bits per heavy atom. The third-order valence-electron chi connectivity index (χ3n) is 6.67. The first-order chi connectivity index (χ1) is 13.7. The maximum absolute atomic E-state index is 13.4. The van der Waals surface area contributed by atoms with Gasteiger partial charge in [-0.1, -0.05) is 25.5 Å². The molecule has 4 amide bonds. The van der Waals surface area contributed by atoms with Crippen molar-refractivity contribution in [1.29, 1.82) is 0 Å². The number of likely N-dealkylation sites (tertiary alicyclic amines) is 1. The van der Waals surface area contributed by atoms with Gasteiger partial charge in [0.2, 0.25) is 23.6 Å². The van der Waals surface area contributed by atoms with Crippen molar-refractivity contribution in [3.8, 4) is 0 Å². The first-order valence-electron chi connectivity index (χ1n) is 10.1. The second kappa shape index (κ2) is 6.66. The molecule has 29 heavy (non-hydrogen) atoms. The van der Waals surface area contributed by atoms with Crippen LogP contribution in [0.1, 0.15) is 42.9 Å². The van der Waals surface area contributed by atoms with Gasteiger partial charge in [-0.3, -0.25) is 29.4 Å². The van der Waals surface area contributed by atoms with Crippen molar-refractivity contribution < 1.29 is 19.2 Å². The van der Waals surface area contributed by atoms with Crippen molar-refractivity contribution in [3.05, 3.63) is 28.8 Å². The molecule has 3 aliphatic heterocycles. The number of nitrogens with two attached hydrogens (primary N) is 1. The average molecular weight is 398 g/mol. The van der Waals surface area contributed by atoms with Gasteiger partial charge in [0.05, 0.1) is 11.8 Å². The molecule has 1 aromatic rings. The number of fused-ring (bicyclic) bond motifs is 4.